The summed E-state index contributed by atoms with van der Waals surface area (Å²) in [5.41, 5.74) is 12.2. The third-order valence-electron chi connectivity index (χ3n) is 10.4. The van der Waals surface area contributed by atoms with Gasteiger partial charge < -0.3 is 37.1 Å². The molecule has 39 heavy (non-hydrogen) atoms. The number of alkyl halides is 2. The standard InChI is InChI=1S/C28H51F2N7O2/c1-36-11-12-39-28(18-36)7-9-37(10-8-28)24-20(30)16-33-17-22(24)35-26(38)23(25(31)32)21-14-27(5-3-2-4-6-27)13-19(29)15-34-21/h19-25,33-34H,2-18,31-32H2,1H3,(H,35,38). The first-order valence-corrected chi connectivity index (χ1v) is 15.3. The number of nitrogens with two attached hydrogens (primary N) is 2. The van der Waals surface area contributed by atoms with Crippen LogP contribution in [0.25, 0.3) is 0 Å². The fourth-order valence-electron chi connectivity index (χ4n) is 8.37. The third-order valence-corrected chi connectivity index (χ3v) is 10.4. The fraction of sp³-hybridized carbons (Fsp3) is 0.964. The van der Waals surface area contributed by atoms with Crippen molar-refractivity contribution in [3.63, 3.8) is 0 Å². The molecule has 7 N–H and O–H groups in total. The van der Waals surface area contributed by atoms with Crippen molar-refractivity contribution < 1.29 is 18.3 Å². The number of amides is 1. The predicted molar refractivity (Wildman–Crippen MR) is 148 cm³/mol. The van der Waals surface area contributed by atoms with E-state index < -0.39 is 36.5 Å². The van der Waals surface area contributed by atoms with Gasteiger partial charge in [-0.1, -0.05) is 19.3 Å². The third kappa shape index (κ3) is 6.76. The number of halogens is 2. The molecule has 11 heteroatoms. The van der Waals surface area contributed by atoms with Crippen LogP contribution in [-0.4, -0.2) is 117 Å². The summed E-state index contributed by atoms with van der Waals surface area (Å²) in [6.07, 6.45) is 5.30. The van der Waals surface area contributed by atoms with Crippen molar-refractivity contribution in [2.45, 2.75) is 100 Å². The summed E-state index contributed by atoms with van der Waals surface area (Å²) in [4.78, 5) is 18.3. The number of carbonyl (C=O) groups excluding carboxylic acids is 1. The Morgan fingerprint density at radius 3 is 2.46 bits per heavy atom. The Labute approximate surface area is 232 Å². The number of nitrogens with one attached hydrogen (secondary N) is 3. The maximum atomic E-state index is 15.5. The van der Waals surface area contributed by atoms with E-state index in [1.165, 1.54) is 6.42 Å². The van der Waals surface area contributed by atoms with Gasteiger partial charge in [0.25, 0.3) is 0 Å². The van der Waals surface area contributed by atoms with E-state index in [0.29, 0.717) is 19.4 Å². The van der Waals surface area contributed by atoms with Crippen LogP contribution in [0.5, 0.6) is 0 Å². The lowest BCUT2D eigenvalue weighted by Gasteiger charge is -2.50. The largest absolute Gasteiger partial charge is 0.372 e. The van der Waals surface area contributed by atoms with Gasteiger partial charge in [-0.15, -0.1) is 0 Å². The van der Waals surface area contributed by atoms with E-state index in [-0.39, 0.29) is 36.1 Å². The average Bonchev–Trinajstić information content (AvgIpc) is 3.03. The maximum absolute atomic E-state index is 15.5. The average molecular weight is 556 g/mol. The first-order valence-electron chi connectivity index (χ1n) is 15.3. The van der Waals surface area contributed by atoms with E-state index in [2.05, 4.69) is 32.8 Å². The van der Waals surface area contributed by atoms with Gasteiger partial charge in [0, 0.05) is 51.9 Å². The van der Waals surface area contributed by atoms with Gasteiger partial charge in [-0.2, -0.15) is 0 Å². The highest BCUT2D eigenvalue weighted by Gasteiger charge is 2.47. The zero-order valence-electron chi connectivity index (χ0n) is 23.7. The summed E-state index contributed by atoms with van der Waals surface area (Å²) in [6.45, 7) is 4.99. The van der Waals surface area contributed by atoms with Gasteiger partial charge in [-0.25, -0.2) is 8.78 Å². The Kier molecular flexibility index (Phi) is 9.47. The highest BCUT2D eigenvalue weighted by Crippen LogP contribution is 2.46. The van der Waals surface area contributed by atoms with Gasteiger partial charge in [0.1, 0.15) is 12.3 Å². The van der Waals surface area contributed by atoms with E-state index in [0.717, 1.165) is 71.3 Å². The van der Waals surface area contributed by atoms with Crippen molar-refractivity contribution in [3.05, 3.63) is 0 Å². The summed E-state index contributed by atoms with van der Waals surface area (Å²) in [5.74, 6) is -0.979. The molecule has 1 saturated carbocycles. The molecular formula is C28H51F2N7O2. The van der Waals surface area contributed by atoms with Crippen LogP contribution in [0.4, 0.5) is 8.78 Å². The number of morpholine rings is 1. The summed E-state index contributed by atoms with van der Waals surface area (Å²) >= 11 is 0. The number of hydrogen-bond acceptors (Lipinski definition) is 8. The van der Waals surface area contributed by atoms with E-state index in [1.807, 2.05) is 0 Å². The molecule has 1 aliphatic carbocycles. The van der Waals surface area contributed by atoms with Crippen LogP contribution in [0.2, 0.25) is 0 Å². The van der Waals surface area contributed by atoms with Crippen molar-refractivity contribution >= 4 is 5.91 Å². The molecule has 0 aromatic rings. The molecule has 4 heterocycles. The highest BCUT2D eigenvalue weighted by atomic mass is 19.1. The van der Waals surface area contributed by atoms with Gasteiger partial charge in [0.15, 0.2) is 0 Å². The molecule has 2 spiro atoms. The van der Waals surface area contributed by atoms with Crippen LogP contribution in [0.1, 0.15) is 57.8 Å². The van der Waals surface area contributed by atoms with Crippen LogP contribution in [0.15, 0.2) is 0 Å². The monoisotopic (exact) mass is 555 g/mol. The number of carbonyl (C=O) groups is 1. The van der Waals surface area contributed by atoms with Crippen molar-refractivity contribution in [2.24, 2.45) is 22.8 Å². The minimum absolute atomic E-state index is 0.114. The minimum Gasteiger partial charge on any atom is -0.372 e. The van der Waals surface area contributed by atoms with Crippen LogP contribution >= 0.6 is 0 Å². The lowest BCUT2D eigenvalue weighted by molar-refractivity contribution is -0.140. The molecule has 0 aromatic carbocycles. The minimum atomic E-state index is -1.10. The number of nitrogens with zero attached hydrogens (tertiary/aromatic N) is 2. The maximum Gasteiger partial charge on any atom is 0.227 e. The Balaban J connectivity index is 1.27. The van der Waals surface area contributed by atoms with Crippen LogP contribution in [-0.2, 0) is 9.53 Å². The smallest absolute Gasteiger partial charge is 0.227 e. The fourth-order valence-corrected chi connectivity index (χ4v) is 8.37. The summed E-state index contributed by atoms with van der Waals surface area (Å²) in [6, 6.07) is -1.14. The summed E-state index contributed by atoms with van der Waals surface area (Å²) in [7, 11) is 2.12. The van der Waals surface area contributed by atoms with Crippen molar-refractivity contribution in [1.82, 2.24) is 25.8 Å². The van der Waals surface area contributed by atoms with Crippen molar-refractivity contribution in [2.75, 3.05) is 59.5 Å². The van der Waals surface area contributed by atoms with Crippen LogP contribution in [0, 0.1) is 11.3 Å². The van der Waals surface area contributed by atoms with E-state index >= 15 is 4.39 Å². The molecule has 4 saturated heterocycles. The Morgan fingerprint density at radius 1 is 1.03 bits per heavy atom. The molecule has 6 unspecified atom stereocenters. The summed E-state index contributed by atoms with van der Waals surface area (Å²) in [5, 5.41) is 9.62. The Bertz CT molecular complexity index is 822. The molecule has 224 valence electrons. The normalized spacial score (nSPS) is 37.0. The Hall–Kier alpha value is -0.950. The summed E-state index contributed by atoms with van der Waals surface area (Å²) < 4.78 is 36.5. The number of ether oxygens (including phenoxy) is 1. The molecule has 0 bridgehead atoms. The second-order valence-electron chi connectivity index (χ2n) is 13.3. The van der Waals surface area contributed by atoms with Crippen molar-refractivity contribution in [1.29, 1.82) is 0 Å². The first kappa shape index (κ1) is 29.5. The second-order valence-corrected chi connectivity index (χ2v) is 13.3. The van der Waals surface area contributed by atoms with E-state index in [9.17, 15) is 9.18 Å². The zero-order valence-corrected chi connectivity index (χ0v) is 23.7. The Morgan fingerprint density at radius 2 is 1.77 bits per heavy atom. The molecule has 5 aliphatic rings. The molecule has 0 aromatic heterocycles. The van der Waals surface area contributed by atoms with Gasteiger partial charge >= 0.3 is 0 Å². The molecule has 0 radical (unpaired) electrons. The zero-order chi connectivity index (χ0) is 27.6. The van der Waals surface area contributed by atoms with E-state index in [4.69, 9.17) is 16.2 Å². The number of piperidine rings is 2. The SMILES string of the molecule is CN1CCOC2(CCN(C3C(F)CNCC3NC(=O)C(C(N)N)C3CC4(CCCCC4)CC(F)CN3)CC2)C1. The van der Waals surface area contributed by atoms with E-state index in [1.54, 1.807) is 0 Å². The highest BCUT2D eigenvalue weighted by molar-refractivity contribution is 5.80. The molecule has 5 fully saturated rings. The quantitative estimate of drug-likeness (QED) is 0.311. The number of hydrogen-bond donors (Lipinski definition) is 5. The van der Waals surface area contributed by atoms with Crippen molar-refractivity contribution in [3.8, 4) is 0 Å². The molecule has 9 nitrogen and oxygen atoms in total. The number of likely N-dealkylation sites (N-methyl/N-ethyl adjacent to an activating group) is 1. The van der Waals surface area contributed by atoms with Crippen LogP contribution < -0.4 is 27.4 Å². The molecule has 1 amide bonds. The molecule has 6 atom stereocenters. The first-order chi connectivity index (χ1) is 18.7. The van der Waals surface area contributed by atoms with Gasteiger partial charge in [0.2, 0.25) is 5.91 Å². The van der Waals surface area contributed by atoms with Crippen LogP contribution in [0.3, 0.4) is 0 Å². The second kappa shape index (κ2) is 12.5. The topological polar surface area (TPSA) is 121 Å². The molecular weight excluding hydrogens is 504 g/mol. The predicted octanol–water partition coefficient (Wildman–Crippen LogP) is 0.478. The molecule has 4 aliphatic heterocycles. The number of rotatable bonds is 5. The lowest BCUT2D eigenvalue weighted by Crippen LogP contribution is -2.68. The lowest BCUT2D eigenvalue weighted by atomic mass is 9.66. The molecule has 5 rings (SSSR count). The van der Waals surface area contributed by atoms with Gasteiger partial charge in [-0.05, 0) is 51.0 Å². The van der Waals surface area contributed by atoms with Gasteiger partial charge in [-0.3, -0.25) is 9.69 Å². The number of likely N-dealkylation sites (tertiary alicyclic amines) is 1. The van der Waals surface area contributed by atoms with Gasteiger partial charge in [0.05, 0.1) is 36.4 Å².